The van der Waals surface area contributed by atoms with Crippen molar-refractivity contribution in [1.29, 1.82) is 0 Å². The van der Waals surface area contributed by atoms with Crippen LogP contribution in [0.1, 0.15) is 0 Å². The Labute approximate surface area is 153 Å². The summed E-state index contributed by atoms with van der Waals surface area (Å²) in [5.41, 5.74) is 8.50. The Morgan fingerprint density at radius 3 is 2.77 bits per heavy atom. The lowest BCUT2D eigenvalue weighted by atomic mass is 10.2. The SMILES string of the molecule is Nc1nc(N2CCN(CC(=O)Nc3nncs3)CC2)nc2ccccc12. The molecule has 0 saturated carbocycles. The summed E-state index contributed by atoms with van der Waals surface area (Å²) < 4.78 is 0. The molecule has 0 bridgehead atoms. The second kappa shape index (κ2) is 7.18. The molecule has 1 amide bonds. The van der Waals surface area contributed by atoms with Crippen LogP contribution < -0.4 is 16.0 Å². The standard InChI is InChI=1S/C16H18N8OS/c17-14-11-3-1-2-4-12(11)19-15(21-14)24-7-5-23(6-8-24)9-13(25)20-16-22-18-10-26-16/h1-4,10H,5-9H2,(H2,17,19,21)(H,20,22,25). The van der Waals surface area contributed by atoms with Crippen molar-refractivity contribution >= 4 is 45.0 Å². The van der Waals surface area contributed by atoms with E-state index in [2.05, 4.69) is 35.3 Å². The lowest BCUT2D eigenvalue weighted by Gasteiger charge is -2.34. The highest BCUT2D eigenvalue weighted by Crippen LogP contribution is 2.21. The van der Waals surface area contributed by atoms with Crippen LogP contribution in [-0.2, 0) is 4.79 Å². The number of nitrogens with zero attached hydrogens (tertiary/aromatic N) is 6. The average Bonchev–Trinajstić information content (AvgIpc) is 3.15. The molecule has 1 aromatic carbocycles. The second-order valence-electron chi connectivity index (χ2n) is 5.98. The van der Waals surface area contributed by atoms with E-state index in [0.717, 1.165) is 37.1 Å². The number of fused-ring (bicyclic) bond motifs is 1. The number of rotatable bonds is 4. The third-order valence-corrected chi connectivity index (χ3v) is 4.86. The maximum Gasteiger partial charge on any atom is 0.240 e. The molecule has 3 N–H and O–H groups in total. The number of nitrogens with one attached hydrogen (secondary N) is 1. The minimum absolute atomic E-state index is 0.0820. The van der Waals surface area contributed by atoms with Gasteiger partial charge in [0, 0.05) is 31.6 Å². The van der Waals surface area contributed by atoms with E-state index in [9.17, 15) is 4.79 Å². The van der Waals surface area contributed by atoms with Crippen molar-refractivity contribution in [1.82, 2.24) is 25.1 Å². The lowest BCUT2D eigenvalue weighted by molar-refractivity contribution is -0.117. The molecule has 0 radical (unpaired) electrons. The first-order valence-electron chi connectivity index (χ1n) is 8.24. The minimum Gasteiger partial charge on any atom is -0.383 e. The Hall–Kier alpha value is -2.85. The fourth-order valence-electron chi connectivity index (χ4n) is 2.93. The summed E-state index contributed by atoms with van der Waals surface area (Å²) >= 11 is 1.30. The van der Waals surface area contributed by atoms with Crippen LogP contribution in [0.5, 0.6) is 0 Å². The van der Waals surface area contributed by atoms with E-state index in [1.54, 1.807) is 5.51 Å². The van der Waals surface area contributed by atoms with Crippen LogP contribution in [0.25, 0.3) is 10.9 Å². The highest BCUT2D eigenvalue weighted by atomic mass is 32.1. The smallest absolute Gasteiger partial charge is 0.240 e. The van der Waals surface area contributed by atoms with Gasteiger partial charge in [0.25, 0.3) is 0 Å². The number of aromatic nitrogens is 4. The molecular formula is C16H18N8OS. The van der Waals surface area contributed by atoms with Gasteiger partial charge < -0.3 is 10.6 Å². The molecule has 1 aliphatic heterocycles. The maximum absolute atomic E-state index is 12.1. The third-order valence-electron chi connectivity index (χ3n) is 4.25. The lowest BCUT2D eigenvalue weighted by Crippen LogP contribution is -2.49. The number of nitrogen functional groups attached to an aromatic ring is 1. The van der Waals surface area contributed by atoms with Gasteiger partial charge >= 0.3 is 0 Å². The van der Waals surface area contributed by atoms with Gasteiger partial charge in [-0.05, 0) is 12.1 Å². The van der Waals surface area contributed by atoms with E-state index in [0.29, 0.717) is 23.4 Å². The summed E-state index contributed by atoms with van der Waals surface area (Å²) in [5.74, 6) is 1.05. The van der Waals surface area contributed by atoms with Gasteiger partial charge in [-0.15, -0.1) is 10.2 Å². The largest absolute Gasteiger partial charge is 0.383 e. The van der Waals surface area contributed by atoms with Gasteiger partial charge in [-0.3, -0.25) is 15.0 Å². The predicted molar refractivity (Wildman–Crippen MR) is 101 cm³/mol. The molecule has 1 fully saturated rings. The van der Waals surface area contributed by atoms with Crippen LogP contribution >= 0.6 is 11.3 Å². The third kappa shape index (κ3) is 3.55. The van der Waals surface area contributed by atoms with E-state index in [1.807, 2.05) is 24.3 Å². The van der Waals surface area contributed by atoms with Crippen LogP contribution in [0.15, 0.2) is 29.8 Å². The normalized spacial score (nSPS) is 15.3. The number of para-hydroxylation sites is 1. The van der Waals surface area contributed by atoms with Gasteiger partial charge in [-0.25, -0.2) is 4.98 Å². The monoisotopic (exact) mass is 370 g/mol. The topological polar surface area (TPSA) is 113 Å². The first kappa shape index (κ1) is 16.6. The molecule has 0 spiro atoms. The van der Waals surface area contributed by atoms with Crippen molar-refractivity contribution in [3.05, 3.63) is 29.8 Å². The molecule has 0 aliphatic carbocycles. The molecule has 9 nitrogen and oxygen atoms in total. The molecule has 0 unspecified atom stereocenters. The zero-order valence-corrected chi connectivity index (χ0v) is 14.8. The maximum atomic E-state index is 12.1. The number of nitrogens with two attached hydrogens (primary N) is 1. The Morgan fingerprint density at radius 2 is 2.00 bits per heavy atom. The Kier molecular flexibility index (Phi) is 4.59. The number of piperazine rings is 1. The number of carbonyl (C=O) groups excluding carboxylic acids is 1. The molecule has 10 heteroatoms. The number of amides is 1. The molecule has 0 atom stereocenters. The summed E-state index contributed by atoms with van der Waals surface area (Å²) in [7, 11) is 0. The first-order valence-corrected chi connectivity index (χ1v) is 9.12. The summed E-state index contributed by atoms with van der Waals surface area (Å²) in [6.07, 6.45) is 0. The van der Waals surface area contributed by atoms with E-state index in [-0.39, 0.29) is 5.91 Å². The molecule has 4 rings (SSSR count). The summed E-state index contributed by atoms with van der Waals surface area (Å²) in [6, 6.07) is 7.72. The molecule has 1 saturated heterocycles. The van der Waals surface area contributed by atoms with Gasteiger partial charge in [0.15, 0.2) is 0 Å². The molecule has 2 aromatic heterocycles. The number of hydrogen-bond donors (Lipinski definition) is 2. The number of hydrogen-bond acceptors (Lipinski definition) is 9. The summed E-state index contributed by atoms with van der Waals surface area (Å²) in [4.78, 5) is 25.3. The van der Waals surface area contributed by atoms with Crippen LogP contribution in [0.4, 0.5) is 16.9 Å². The Balaban J connectivity index is 1.37. The van der Waals surface area contributed by atoms with Crippen LogP contribution in [0.2, 0.25) is 0 Å². The van der Waals surface area contributed by atoms with Crippen molar-refractivity contribution < 1.29 is 4.79 Å². The van der Waals surface area contributed by atoms with Crippen molar-refractivity contribution in [3.63, 3.8) is 0 Å². The first-order chi connectivity index (χ1) is 12.7. The molecule has 134 valence electrons. The van der Waals surface area contributed by atoms with Gasteiger partial charge in [0.05, 0.1) is 12.1 Å². The zero-order valence-electron chi connectivity index (χ0n) is 14.0. The minimum atomic E-state index is -0.0820. The van der Waals surface area contributed by atoms with Crippen LogP contribution in [0.3, 0.4) is 0 Å². The van der Waals surface area contributed by atoms with Crippen LogP contribution in [0, 0.1) is 0 Å². The molecule has 1 aliphatic rings. The van der Waals surface area contributed by atoms with Gasteiger partial charge in [-0.2, -0.15) is 4.98 Å². The fraction of sp³-hybridized carbons (Fsp3) is 0.312. The van der Waals surface area contributed by atoms with E-state index < -0.39 is 0 Å². The number of benzene rings is 1. The van der Waals surface area contributed by atoms with Crippen molar-refractivity contribution in [2.24, 2.45) is 0 Å². The summed E-state index contributed by atoms with van der Waals surface area (Å²) in [5, 5.41) is 11.7. The second-order valence-corrected chi connectivity index (χ2v) is 6.81. The van der Waals surface area contributed by atoms with Gasteiger partial charge in [0.1, 0.15) is 11.3 Å². The van der Waals surface area contributed by atoms with Crippen molar-refractivity contribution in [2.45, 2.75) is 0 Å². The van der Waals surface area contributed by atoms with Gasteiger partial charge in [-0.1, -0.05) is 23.5 Å². The van der Waals surface area contributed by atoms with Crippen molar-refractivity contribution in [2.75, 3.05) is 48.7 Å². The number of anilines is 3. The zero-order chi connectivity index (χ0) is 17.9. The fourth-order valence-corrected chi connectivity index (χ4v) is 3.39. The Bertz CT molecular complexity index is 908. The van der Waals surface area contributed by atoms with Crippen LogP contribution in [-0.4, -0.2) is 63.7 Å². The van der Waals surface area contributed by atoms with Gasteiger partial charge in [0.2, 0.25) is 17.0 Å². The highest BCUT2D eigenvalue weighted by molar-refractivity contribution is 7.13. The average molecular weight is 370 g/mol. The van der Waals surface area contributed by atoms with E-state index in [1.165, 1.54) is 11.3 Å². The molecular weight excluding hydrogens is 352 g/mol. The Morgan fingerprint density at radius 1 is 1.19 bits per heavy atom. The van der Waals surface area contributed by atoms with E-state index in [4.69, 9.17) is 5.73 Å². The van der Waals surface area contributed by atoms with E-state index >= 15 is 0 Å². The van der Waals surface area contributed by atoms with Crippen molar-refractivity contribution in [3.8, 4) is 0 Å². The molecule has 3 heterocycles. The highest BCUT2D eigenvalue weighted by Gasteiger charge is 2.21. The number of carbonyl (C=O) groups is 1. The summed E-state index contributed by atoms with van der Waals surface area (Å²) in [6.45, 7) is 3.31. The molecule has 3 aromatic rings. The quantitative estimate of drug-likeness (QED) is 0.694. The molecule has 26 heavy (non-hydrogen) atoms. The predicted octanol–water partition coefficient (Wildman–Crippen LogP) is 0.824.